The molecule has 1 fully saturated rings. The summed E-state index contributed by atoms with van der Waals surface area (Å²) in [6.45, 7) is 10.8. The maximum absolute atomic E-state index is 13.0. The first-order valence-corrected chi connectivity index (χ1v) is 9.10. The van der Waals surface area contributed by atoms with Crippen molar-refractivity contribution in [1.82, 2.24) is 5.16 Å². The number of rotatable bonds is 4. The quantitative estimate of drug-likeness (QED) is 0.885. The average molecular weight is 373 g/mol. The van der Waals surface area contributed by atoms with Crippen LogP contribution in [0.25, 0.3) is 0 Å². The second-order valence-electron chi connectivity index (χ2n) is 7.65. The van der Waals surface area contributed by atoms with Crippen LogP contribution in [0.15, 0.2) is 22.7 Å². The Morgan fingerprint density at radius 3 is 2.59 bits per heavy atom. The van der Waals surface area contributed by atoms with E-state index in [0.29, 0.717) is 41.7 Å². The Kier molecular flexibility index (Phi) is 5.41. The van der Waals surface area contributed by atoms with Gasteiger partial charge in [0.05, 0.1) is 26.0 Å². The van der Waals surface area contributed by atoms with E-state index in [-0.39, 0.29) is 11.3 Å². The molecule has 1 aromatic carbocycles. The van der Waals surface area contributed by atoms with Crippen LogP contribution in [0.4, 0.5) is 11.4 Å². The normalized spacial score (nSPS) is 14.9. The molecule has 0 radical (unpaired) electrons. The van der Waals surface area contributed by atoms with Crippen LogP contribution in [-0.4, -0.2) is 44.5 Å². The number of methoxy groups -OCH3 is 1. The van der Waals surface area contributed by atoms with Gasteiger partial charge in [0.15, 0.2) is 0 Å². The predicted molar refractivity (Wildman–Crippen MR) is 104 cm³/mol. The van der Waals surface area contributed by atoms with Gasteiger partial charge in [0.1, 0.15) is 22.8 Å². The molecule has 0 spiro atoms. The van der Waals surface area contributed by atoms with Crippen LogP contribution in [-0.2, 0) is 10.2 Å². The number of hydrogen-bond acceptors (Lipinski definition) is 6. The highest BCUT2D eigenvalue weighted by atomic mass is 16.5. The fraction of sp³-hybridized carbons (Fsp3) is 0.500. The molecule has 7 heteroatoms. The number of nitrogens with zero attached hydrogens (tertiary/aromatic N) is 2. The molecule has 146 valence electrons. The summed E-state index contributed by atoms with van der Waals surface area (Å²) in [5.74, 6) is 0.851. The van der Waals surface area contributed by atoms with Crippen molar-refractivity contribution in [1.29, 1.82) is 0 Å². The van der Waals surface area contributed by atoms with Crippen molar-refractivity contribution in [2.45, 2.75) is 33.1 Å². The number of carbonyl (C=O) groups is 1. The van der Waals surface area contributed by atoms with Gasteiger partial charge in [-0.15, -0.1) is 0 Å². The first kappa shape index (κ1) is 19.2. The van der Waals surface area contributed by atoms with Crippen LogP contribution < -0.4 is 15.0 Å². The summed E-state index contributed by atoms with van der Waals surface area (Å²) < 4.78 is 16.1. The standard InChI is InChI=1S/C20H27N3O4/c1-13-17(18(22-27-13)20(2,3)4)19(24)21-15-12-14(6-7-16(15)25-5)23-8-10-26-11-9-23/h6-7,12H,8-11H2,1-5H3,(H,21,24). The van der Waals surface area contributed by atoms with Gasteiger partial charge in [0.2, 0.25) is 0 Å². The van der Waals surface area contributed by atoms with Crippen LogP contribution >= 0.6 is 0 Å². The van der Waals surface area contributed by atoms with Crippen molar-refractivity contribution < 1.29 is 18.8 Å². The molecule has 0 aliphatic carbocycles. The molecule has 2 aromatic rings. The first-order chi connectivity index (χ1) is 12.8. The number of amides is 1. The van der Waals surface area contributed by atoms with Crippen LogP contribution in [0.3, 0.4) is 0 Å². The Labute approximate surface area is 159 Å². The van der Waals surface area contributed by atoms with E-state index in [1.807, 2.05) is 39.0 Å². The van der Waals surface area contributed by atoms with Gasteiger partial charge in [0, 0.05) is 24.2 Å². The lowest BCUT2D eigenvalue weighted by Crippen LogP contribution is -2.36. The van der Waals surface area contributed by atoms with Crippen molar-refractivity contribution in [2.75, 3.05) is 43.6 Å². The number of anilines is 2. The van der Waals surface area contributed by atoms with Crippen molar-refractivity contribution >= 4 is 17.3 Å². The van der Waals surface area contributed by atoms with Gasteiger partial charge >= 0.3 is 0 Å². The lowest BCUT2D eigenvalue weighted by Gasteiger charge is -2.29. The van der Waals surface area contributed by atoms with Crippen LogP contribution in [0.1, 0.15) is 42.6 Å². The van der Waals surface area contributed by atoms with E-state index in [1.54, 1.807) is 14.0 Å². The summed E-state index contributed by atoms with van der Waals surface area (Å²) in [7, 11) is 1.59. The molecule has 0 bridgehead atoms. The highest BCUT2D eigenvalue weighted by Crippen LogP contribution is 2.32. The number of ether oxygens (including phenoxy) is 2. The summed E-state index contributed by atoms with van der Waals surface area (Å²) in [5.41, 5.74) is 2.45. The Morgan fingerprint density at radius 1 is 1.26 bits per heavy atom. The van der Waals surface area contributed by atoms with Crippen LogP contribution in [0.2, 0.25) is 0 Å². The maximum atomic E-state index is 13.0. The topological polar surface area (TPSA) is 76.8 Å². The van der Waals surface area contributed by atoms with Crippen molar-refractivity contribution in [3.05, 3.63) is 35.2 Å². The van der Waals surface area contributed by atoms with E-state index < -0.39 is 0 Å². The van der Waals surface area contributed by atoms with Crippen molar-refractivity contribution in [2.24, 2.45) is 0 Å². The van der Waals surface area contributed by atoms with Gasteiger partial charge in [-0.1, -0.05) is 25.9 Å². The summed E-state index contributed by atoms with van der Waals surface area (Å²) >= 11 is 0. The third kappa shape index (κ3) is 4.08. The number of aryl methyl sites for hydroxylation is 1. The Balaban J connectivity index is 1.90. The van der Waals surface area contributed by atoms with E-state index >= 15 is 0 Å². The fourth-order valence-corrected chi connectivity index (χ4v) is 3.15. The molecule has 2 heterocycles. The summed E-state index contributed by atoms with van der Waals surface area (Å²) in [6, 6.07) is 5.79. The molecule has 0 saturated carbocycles. The van der Waals surface area contributed by atoms with Crippen LogP contribution in [0, 0.1) is 6.92 Å². The molecule has 1 amide bonds. The van der Waals surface area contributed by atoms with Crippen molar-refractivity contribution in [3.8, 4) is 5.75 Å². The van der Waals surface area contributed by atoms with Gasteiger partial charge in [-0.2, -0.15) is 0 Å². The minimum Gasteiger partial charge on any atom is -0.495 e. The number of nitrogens with one attached hydrogen (secondary N) is 1. The SMILES string of the molecule is COc1ccc(N2CCOCC2)cc1NC(=O)c1c(C(C)(C)C)noc1C. The fourth-order valence-electron chi connectivity index (χ4n) is 3.15. The zero-order valence-electron chi connectivity index (χ0n) is 16.6. The van der Waals surface area contributed by atoms with Gasteiger partial charge in [0.25, 0.3) is 5.91 Å². The number of morpholine rings is 1. The summed E-state index contributed by atoms with van der Waals surface area (Å²) in [5, 5.41) is 7.07. The molecule has 1 aliphatic heterocycles. The molecule has 7 nitrogen and oxygen atoms in total. The largest absolute Gasteiger partial charge is 0.495 e. The third-order valence-corrected chi connectivity index (χ3v) is 4.61. The van der Waals surface area contributed by atoms with Gasteiger partial charge in [-0.05, 0) is 25.1 Å². The van der Waals surface area contributed by atoms with E-state index in [1.165, 1.54) is 0 Å². The van der Waals surface area contributed by atoms with Gasteiger partial charge < -0.3 is 24.2 Å². The monoisotopic (exact) mass is 373 g/mol. The van der Waals surface area contributed by atoms with Gasteiger partial charge in [-0.25, -0.2) is 0 Å². The second-order valence-corrected chi connectivity index (χ2v) is 7.65. The number of aromatic nitrogens is 1. The van der Waals surface area contributed by atoms with Crippen molar-refractivity contribution in [3.63, 3.8) is 0 Å². The smallest absolute Gasteiger partial charge is 0.261 e. The molecule has 0 unspecified atom stereocenters. The lowest BCUT2D eigenvalue weighted by atomic mass is 9.88. The lowest BCUT2D eigenvalue weighted by molar-refractivity contribution is 0.102. The van der Waals surface area contributed by atoms with E-state index in [9.17, 15) is 4.79 Å². The number of carbonyl (C=O) groups excluding carboxylic acids is 1. The molecular weight excluding hydrogens is 346 g/mol. The second kappa shape index (κ2) is 7.60. The highest BCUT2D eigenvalue weighted by Gasteiger charge is 2.29. The summed E-state index contributed by atoms with van der Waals surface area (Å²) in [4.78, 5) is 15.2. The molecular formula is C20H27N3O4. The first-order valence-electron chi connectivity index (χ1n) is 9.10. The average Bonchev–Trinajstić information content (AvgIpc) is 3.04. The molecule has 1 aliphatic rings. The zero-order chi connectivity index (χ0) is 19.6. The molecule has 1 N–H and O–H groups in total. The molecule has 1 saturated heterocycles. The van der Waals surface area contributed by atoms with E-state index in [4.69, 9.17) is 14.0 Å². The Morgan fingerprint density at radius 2 is 1.96 bits per heavy atom. The molecule has 1 aromatic heterocycles. The van der Waals surface area contributed by atoms with E-state index in [0.717, 1.165) is 18.8 Å². The third-order valence-electron chi connectivity index (χ3n) is 4.61. The van der Waals surface area contributed by atoms with Crippen LogP contribution in [0.5, 0.6) is 5.75 Å². The highest BCUT2D eigenvalue weighted by molar-refractivity contribution is 6.06. The number of benzene rings is 1. The summed E-state index contributed by atoms with van der Waals surface area (Å²) in [6.07, 6.45) is 0. The molecule has 0 atom stereocenters. The maximum Gasteiger partial charge on any atom is 0.261 e. The predicted octanol–water partition coefficient (Wildman–Crippen LogP) is 3.38. The Hall–Kier alpha value is -2.54. The van der Waals surface area contributed by atoms with E-state index in [2.05, 4.69) is 15.4 Å². The Bertz CT molecular complexity index is 817. The molecule has 27 heavy (non-hydrogen) atoms. The molecule has 3 rings (SSSR count). The number of hydrogen-bond donors (Lipinski definition) is 1. The van der Waals surface area contributed by atoms with Gasteiger partial charge in [-0.3, -0.25) is 4.79 Å². The zero-order valence-corrected chi connectivity index (χ0v) is 16.6. The minimum absolute atomic E-state index is 0.254. The minimum atomic E-state index is -0.301.